The SMILES string of the molecule is C=C(C)c1cc(C(=O)N2CCC3(CC2)CC(=O)c2cc(-c4nnn[nH]4)ccc2O3)sc1N(N)CC. The number of carbonyl (C=O) groups excluding carboxylic acids is 2. The molecule has 182 valence electrons. The maximum atomic E-state index is 13.3. The molecule has 1 amide bonds. The van der Waals surface area contributed by atoms with Gasteiger partial charge in [-0.05, 0) is 54.1 Å². The van der Waals surface area contributed by atoms with Gasteiger partial charge < -0.3 is 14.6 Å². The lowest BCUT2D eigenvalue weighted by molar-refractivity contribution is -0.00557. The molecule has 35 heavy (non-hydrogen) atoms. The van der Waals surface area contributed by atoms with Crippen LogP contribution in [0.2, 0.25) is 0 Å². The summed E-state index contributed by atoms with van der Waals surface area (Å²) in [5.74, 6) is 7.18. The summed E-state index contributed by atoms with van der Waals surface area (Å²) in [5.41, 5.74) is 2.42. The number of fused-ring (bicyclic) bond motifs is 1. The molecule has 1 aromatic carbocycles. The van der Waals surface area contributed by atoms with E-state index in [4.69, 9.17) is 10.6 Å². The fourth-order valence-corrected chi connectivity index (χ4v) is 5.82. The van der Waals surface area contributed by atoms with Gasteiger partial charge in [-0.2, -0.15) is 0 Å². The molecule has 0 unspecified atom stereocenters. The van der Waals surface area contributed by atoms with Crippen LogP contribution in [0.25, 0.3) is 17.0 Å². The molecule has 4 heterocycles. The van der Waals surface area contributed by atoms with Crippen LogP contribution in [0.1, 0.15) is 58.7 Å². The Morgan fingerprint density at radius 1 is 1.34 bits per heavy atom. The molecule has 2 aromatic heterocycles. The predicted molar refractivity (Wildman–Crippen MR) is 133 cm³/mol. The lowest BCUT2D eigenvalue weighted by Crippen LogP contribution is -2.52. The molecule has 10 nitrogen and oxygen atoms in total. The number of nitrogens with zero attached hydrogens (tertiary/aromatic N) is 5. The number of piperidine rings is 1. The molecule has 1 saturated heterocycles. The molecule has 3 aromatic rings. The highest BCUT2D eigenvalue weighted by Gasteiger charge is 2.44. The molecule has 2 aliphatic heterocycles. The highest BCUT2D eigenvalue weighted by Crippen LogP contribution is 2.41. The number of tetrazole rings is 1. The summed E-state index contributed by atoms with van der Waals surface area (Å²) in [6.07, 6.45) is 1.45. The highest BCUT2D eigenvalue weighted by atomic mass is 32.1. The Labute approximate surface area is 206 Å². The summed E-state index contributed by atoms with van der Waals surface area (Å²) in [4.78, 5) is 28.8. The number of hydrogen-bond donors (Lipinski definition) is 2. The van der Waals surface area contributed by atoms with E-state index in [1.54, 1.807) is 17.1 Å². The van der Waals surface area contributed by atoms with Gasteiger partial charge in [-0.1, -0.05) is 6.58 Å². The molecule has 11 heteroatoms. The molecule has 2 aliphatic rings. The Morgan fingerprint density at radius 2 is 2.11 bits per heavy atom. The minimum absolute atomic E-state index is 0.0250. The summed E-state index contributed by atoms with van der Waals surface area (Å²) in [7, 11) is 0. The third kappa shape index (κ3) is 4.21. The number of nitrogens with two attached hydrogens (primary N) is 1. The second kappa shape index (κ2) is 8.90. The number of hydrogen-bond acceptors (Lipinski definition) is 9. The number of aromatic amines is 1. The quantitative estimate of drug-likeness (QED) is 0.409. The molecule has 3 N–H and O–H groups in total. The fraction of sp³-hybridized carbons (Fsp3) is 0.375. The van der Waals surface area contributed by atoms with Crippen molar-refractivity contribution in [1.29, 1.82) is 0 Å². The number of amides is 1. The van der Waals surface area contributed by atoms with Crippen LogP contribution in [0.15, 0.2) is 30.8 Å². The van der Waals surface area contributed by atoms with Crippen molar-refractivity contribution in [2.24, 2.45) is 5.84 Å². The van der Waals surface area contributed by atoms with E-state index in [1.807, 2.05) is 30.9 Å². The Morgan fingerprint density at radius 3 is 2.77 bits per heavy atom. The number of hydrazine groups is 1. The average molecular weight is 494 g/mol. The zero-order chi connectivity index (χ0) is 24.7. The second-order valence-corrected chi connectivity index (χ2v) is 10.1. The molecule has 0 bridgehead atoms. The van der Waals surface area contributed by atoms with Gasteiger partial charge in [-0.25, -0.2) is 10.9 Å². The predicted octanol–water partition coefficient (Wildman–Crippen LogP) is 3.30. The smallest absolute Gasteiger partial charge is 0.264 e. The van der Waals surface area contributed by atoms with Gasteiger partial charge in [0.1, 0.15) is 16.4 Å². The number of nitrogens with one attached hydrogen (secondary N) is 1. The number of ketones is 1. The van der Waals surface area contributed by atoms with Crippen molar-refractivity contribution >= 4 is 33.6 Å². The van der Waals surface area contributed by atoms with E-state index in [2.05, 4.69) is 27.2 Å². The number of benzene rings is 1. The summed E-state index contributed by atoms with van der Waals surface area (Å²) in [5, 5.41) is 16.3. The van der Waals surface area contributed by atoms with Gasteiger partial charge in [0, 0.05) is 43.6 Å². The van der Waals surface area contributed by atoms with Crippen LogP contribution in [0.4, 0.5) is 5.00 Å². The van der Waals surface area contributed by atoms with Gasteiger partial charge in [0.15, 0.2) is 11.6 Å². The van der Waals surface area contributed by atoms with E-state index < -0.39 is 5.60 Å². The summed E-state index contributed by atoms with van der Waals surface area (Å²) < 4.78 is 6.38. The van der Waals surface area contributed by atoms with Gasteiger partial charge in [-0.15, -0.1) is 16.4 Å². The van der Waals surface area contributed by atoms with Crippen molar-refractivity contribution < 1.29 is 14.3 Å². The van der Waals surface area contributed by atoms with Crippen molar-refractivity contribution in [3.05, 3.63) is 46.8 Å². The highest BCUT2D eigenvalue weighted by molar-refractivity contribution is 7.18. The third-order valence-electron chi connectivity index (χ3n) is 6.65. The normalized spacial score (nSPS) is 16.7. The first-order valence-electron chi connectivity index (χ1n) is 11.5. The number of aromatic nitrogens is 4. The first kappa shape index (κ1) is 23.2. The molecule has 0 aliphatic carbocycles. The summed E-state index contributed by atoms with van der Waals surface area (Å²) >= 11 is 1.39. The van der Waals surface area contributed by atoms with Crippen LogP contribution in [0.5, 0.6) is 5.75 Å². The number of likely N-dealkylation sites (tertiary alicyclic amines) is 1. The minimum Gasteiger partial charge on any atom is -0.486 e. The number of allylic oxidation sites excluding steroid dienone is 1. The Hall–Kier alpha value is -3.57. The zero-order valence-corrected chi connectivity index (χ0v) is 20.5. The van der Waals surface area contributed by atoms with E-state index in [0.29, 0.717) is 54.5 Å². The lowest BCUT2D eigenvalue weighted by Gasteiger charge is -2.43. The van der Waals surface area contributed by atoms with Crippen LogP contribution >= 0.6 is 11.3 Å². The molecular weight excluding hydrogens is 466 g/mol. The van der Waals surface area contributed by atoms with E-state index in [0.717, 1.165) is 21.7 Å². The van der Waals surface area contributed by atoms with Gasteiger partial charge in [0.2, 0.25) is 0 Å². The summed E-state index contributed by atoms with van der Waals surface area (Å²) in [6.45, 7) is 9.56. The summed E-state index contributed by atoms with van der Waals surface area (Å²) in [6, 6.07) is 7.26. The van der Waals surface area contributed by atoms with Gasteiger partial charge in [0.05, 0.1) is 16.9 Å². The number of thiophene rings is 1. The number of anilines is 1. The largest absolute Gasteiger partial charge is 0.486 e. The van der Waals surface area contributed by atoms with Gasteiger partial charge >= 0.3 is 0 Å². The van der Waals surface area contributed by atoms with Crippen molar-refractivity contribution in [1.82, 2.24) is 25.5 Å². The zero-order valence-electron chi connectivity index (χ0n) is 19.7. The molecule has 1 fully saturated rings. The number of carbonyl (C=O) groups is 2. The van der Waals surface area contributed by atoms with Crippen LogP contribution in [0.3, 0.4) is 0 Å². The van der Waals surface area contributed by atoms with Crippen molar-refractivity contribution in [2.75, 3.05) is 24.6 Å². The van der Waals surface area contributed by atoms with Crippen LogP contribution < -0.4 is 15.6 Å². The number of Topliss-reactive ketones (excluding diaryl/α,β-unsaturated/α-hetero) is 1. The Bertz CT molecular complexity index is 1290. The van der Waals surface area contributed by atoms with E-state index in [9.17, 15) is 9.59 Å². The minimum atomic E-state index is -0.601. The van der Waals surface area contributed by atoms with Crippen molar-refractivity contribution in [3.63, 3.8) is 0 Å². The standard InChI is InChI=1S/C24H27N7O3S/c1-4-31(25)23-16(14(2)3)12-20(35-23)22(33)30-9-7-24(8-10-30)13-18(32)17-11-15(5-6-19(17)34-24)21-26-28-29-27-21/h5-6,11-12H,2,4,7-10,13,25H2,1,3H3,(H,26,27,28,29). The van der Waals surface area contributed by atoms with Gasteiger partial charge in [-0.3, -0.25) is 9.59 Å². The van der Waals surface area contributed by atoms with Crippen LogP contribution in [-0.2, 0) is 0 Å². The Balaban J connectivity index is 1.30. The van der Waals surface area contributed by atoms with E-state index >= 15 is 0 Å². The molecule has 0 radical (unpaired) electrons. The first-order chi connectivity index (χ1) is 16.8. The first-order valence-corrected chi connectivity index (χ1v) is 12.3. The molecule has 5 rings (SSSR count). The third-order valence-corrected chi connectivity index (χ3v) is 7.81. The topological polar surface area (TPSA) is 130 Å². The number of ether oxygens (including phenoxy) is 1. The second-order valence-electron chi connectivity index (χ2n) is 9.03. The fourth-order valence-electron chi connectivity index (χ4n) is 4.62. The number of rotatable bonds is 5. The monoisotopic (exact) mass is 493 g/mol. The average Bonchev–Trinajstić information content (AvgIpc) is 3.54. The molecule has 1 spiro atoms. The molecule has 0 saturated carbocycles. The van der Waals surface area contributed by atoms with Crippen LogP contribution in [-0.4, -0.2) is 62.4 Å². The molecule has 0 atom stereocenters. The van der Waals surface area contributed by atoms with E-state index in [1.165, 1.54) is 11.3 Å². The maximum Gasteiger partial charge on any atom is 0.264 e. The Kier molecular flexibility index (Phi) is 5.89. The maximum absolute atomic E-state index is 13.3. The van der Waals surface area contributed by atoms with E-state index in [-0.39, 0.29) is 18.1 Å². The molecular formula is C24H27N7O3S. The van der Waals surface area contributed by atoms with Gasteiger partial charge in [0.25, 0.3) is 5.91 Å². The van der Waals surface area contributed by atoms with Crippen LogP contribution in [0, 0.1) is 0 Å². The van der Waals surface area contributed by atoms with Crippen molar-refractivity contribution in [3.8, 4) is 17.1 Å². The number of H-pyrrole nitrogens is 1. The van der Waals surface area contributed by atoms with Crippen molar-refractivity contribution in [2.45, 2.75) is 38.7 Å². The lowest BCUT2D eigenvalue weighted by atomic mass is 9.82.